The highest BCUT2D eigenvalue weighted by Crippen LogP contribution is 2.36. The number of hydrogen-bond donors (Lipinski definition) is 2. The minimum absolute atomic E-state index is 0.394. The molecule has 0 amide bonds. The molecule has 3 N–H and O–H groups in total. The quantitative estimate of drug-likeness (QED) is 0.569. The van der Waals surface area contributed by atoms with Gasteiger partial charge in [0.25, 0.3) is 0 Å². The number of nitrogens with one attached hydrogen (secondary N) is 1. The fourth-order valence-electron chi connectivity index (χ4n) is 4.01. The van der Waals surface area contributed by atoms with E-state index in [1.54, 1.807) is 15.2 Å². The normalized spacial score (nSPS) is 17.4. The lowest BCUT2D eigenvalue weighted by Gasteiger charge is -2.34. The van der Waals surface area contributed by atoms with Crippen molar-refractivity contribution in [1.29, 1.82) is 0 Å². The van der Waals surface area contributed by atoms with E-state index in [-0.39, 0.29) is 0 Å². The lowest BCUT2D eigenvalue weighted by Crippen LogP contribution is -2.30. The average molecular weight is 376 g/mol. The number of rotatable bonds is 3. The number of nitrogens with zero attached hydrogens (tertiary/aromatic N) is 6. The molecule has 4 aromatic heterocycles. The lowest BCUT2D eigenvalue weighted by molar-refractivity contribution is 0.232. The average Bonchev–Trinajstić information content (AvgIpc) is 3.29. The Kier molecular flexibility index (Phi) is 3.75. The highest BCUT2D eigenvalue weighted by atomic mass is 15.3. The van der Waals surface area contributed by atoms with Crippen molar-refractivity contribution in [3.63, 3.8) is 0 Å². The minimum atomic E-state index is 0.394. The Labute approximate surface area is 162 Å². The van der Waals surface area contributed by atoms with Crippen LogP contribution in [0.5, 0.6) is 0 Å². The Morgan fingerprint density at radius 1 is 1.07 bits per heavy atom. The summed E-state index contributed by atoms with van der Waals surface area (Å²) in [5, 5.41) is 12.3. The molecule has 0 unspecified atom stereocenters. The third kappa shape index (κ3) is 2.94. The molecule has 5 rings (SSSR count). The number of nitrogen functional groups attached to an aromatic ring is 1. The van der Waals surface area contributed by atoms with Crippen LogP contribution < -0.4 is 11.1 Å². The van der Waals surface area contributed by atoms with E-state index in [0.717, 1.165) is 35.3 Å². The third-order valence-corrected chi connectivity index (χ3v) is 5.74. The summed E-state index contributed by atoms with van der Waals surface area (Å²) < 4.78 is 3.52. The van der Waals surface area contributed by atoms with Gasteiger partial charge in [0.15, 0.2) is 11.5 Å². The van der Waals surface area contributed by atoms with E-state index in [9.17, 15) is 0 Å². The van der Waals surface area contributed by atoms with Gasteiger partial charge in [-0.1, -0.05) is 13.8 Å². The van der Waals surface area contributed by atoms with Crippen molar-refractivity contribution in [2.24, 2.45) is 5.41 Å². The fraction of sp³-hybridized carbons (Fsp3) is 0.400. The number of fused-ring (bicyclic) bond motifs is 2. The van der Waals surface area contributed by atoms with Crippen LogP contribution in [0.15, 0.2) is 36.8 Å². The van der Waals surface area contributed by atoms with Gasteiger partial charge in [0, 0.05) is 30.1 Å². The molecule has 1 aliphatic carbocycles. The number of hydrogen-bond acceptors (Lipinski definition) is 6. The maximum absolute atomic E-state index is 6.32. The van der Waals surface area contributed by atoms with Crippen molar-refractivity contribution in [2.75, 3.05) is 11.1 Å². The first-order valence-electron chi connectivity index (χ1n) is 9.71. The van der Waals surface area contributed by atoms with E-state index in [1.165, 1.54) is 12.8 Å². The molecule has 0 spiro atoms. The third-order valence-electron chi connectivity index (χ3n) is 5.74. The van der Waals surface area contributed by atoms with Crippen LogP contribution in [0.1, 0.15) is 39.5 Å². The van der Waals surface area contributed by atoms with Crippen molar-refractivity contribution in [3.8, 4) is 11.3 Å². The summed E-state index contributed by atoms with van der Waals surface area (Å²) in [6, 6.07) is 6.16. The van der Waals surface area contributed by atoms with Gasteiger partial charge in [0.2, 0.25) is 5.95 Å². The SMILES string of the molecule is CC1(C)CCC(Nc2nc(N)c3c(-c4ccn5nccc5n4)ccn3n2)CC1. The number of anilines is 2. The van der Waals surface area contributed by atoms with Crippen LogP contribution in [0.3, 0.4) is 0 Å². The van der Waals surface area contributed by atoms with Crippen LogP contribution in [0.25, 0.3) is 22.4 Å². The second-order valence-corrected chi connectivity index (χ2v) is 8.37. The molecule has 1 saturated carbocycles. The van der Waals surface area contributed by atoms with Gasteiger partial charge >= 0.3 is 0 Å². The zero-order valence-corrected chi connectivity index (χ0v) is 16.1. The summed E-state index contributed by atoms with van der Waals surface area (Å²) in [7, 11) is 0. The molecule has 144 valence electrons. The first-order chi connectivity index (χ1) is 13.5. The highest BCUT2D eigenvalue weighted by molar-refractivity contribution is 5.86. The molecular formula is C20H24N8. The second kappa shape index (κ2) is 6.19. The Bertz CT molecular complexity index is 1150. The first-order valence-corrected chi connectivity index (χ1v) is 9.71. The van der Waals surface area contributed by atoms with Crippen LogP contribution in [-0.2, 0) is 0 Å². The maximum Gasteiger partial charge on any atom is 0.243 e. The topological polar surface area (TPSA) is 98.4 Å². The van der Waals surface area contributed by atoms with Gasteiger partial charge in [0.05, 0.1) is 11.9 Å². The van der Waals surface area contributed by atoms with Crippen LogP contribution in [-0.4, -0.2) is 35.2 Å². The molecule has 28 heavy (non-hydrogen) atoms. The lowest BCUT2D eigenvalue weighted by atomic mass is 9.76. The molecule has 0 atom stereocenters. The van der Waals surface area contributed by atoms with Crippen molar-refractivity contribution in [3.05, 3.63) is 36.8 Å². The summed E-state index contributed by atoms with van der Waals surface area (Å²) in [5.41, 5.74) is 10.0. The van der Waals surface area contributed by atoms with Gasteiger partial charge in [0.1, 0.15) is 5.52 Å². The van der Waals surface area contributed by atoms with Gasteiger partial charge < -0.3 is 11.1 Å². The van der Waals surface area contributed by atoms with Gasteiger partial charge in [-0.2, -0.15) is 10.1 Å². The summed E-state index contributed by atoms with van der Waals surface area (Å²) in [5.74, 6) is 1.03. The molecule has 0 aliphatic heterocycles. The monoisotopic (exact) mass is 376 g/mol. The Morgan fingerprint density at radius 3 is 2.68 bits per heavy atom. The molecule has 0 aromatic carbocycles. The summed E-state index contributed by atoms with van der Waals surface area (Å²) >= 11 is 0. The van der Waals surface area contributed by atoms with E-state index < -0.39 is 0 Å². The molecule has 8 heteroatoms. The van der Waals surface area contributed by atoms with E-state index in [1.807, 2.05) is 30.6 Å². The van der Waals surface area contributed by atoms with Crippen LogP contribution in [0.4, 0.5) is 11.8 Å². The predicted molar refractivity (Wildman–Crippen MR) is 109 cm³/mol. The molecule has 0 bridgehead atoms. The highest BCUT2D eigenvalue weighted by Gasteiger charge is 2.27. The van der Waals surface area contributed by atoms with Gasteiger partial charge in [-0.15, -0.1) is 5.10 Å². The van der Waals surface area contributed by atoms with Crippen molar-refractivity contribution in [2.45, 2.75) is 45.6 Å². The molecule has 0 saturated heterocycles. The summed E-state index contributed by atoms with van der Waals surface area (Å²) in [4.78, 5) is 9.19. The van der Waals surface area contributed by atoms with E-state index >= 15 is 0 Å². The van der Waals surface area contributed by atoms with Crippen molar-refractivity contribution >= 4 is 22.9 Å². The van der Waals surface area contributed by atoms with Crippen LogP contribution in [0, 0.1) is 5.41 Å². The maximum atomic E-state index is 6.32. The molecule has 4 heterocycles. The van der Waals surface area contributed by atoms with E-state index in [2.05, 4.69) is 39.3 Å². The molecular weight excluding hydrogens is 352 g/mol. The first kappa shape index (κ1) is 17.0. The predicted octanol–water partition coefficient (Wildman–Crippen LogP) is 3.40. The molecule has 8 nitrogen and oxygen atoms in total. The van der Waals surface area contributed by atoms with Crippen LogP contribution in [0.2, 0.25) is 0 Å². The zero-order valence-electron chi connectivity index (χ0n) is 16.1. The Balaban J connectivity index is 1.46. The van der Waals surface area contributed by atoms with Crippen molar-refractivity contribution in [1.82, 2.24) is 29.2 Å². The van der Waals surface area contributed by atoms with Gasteiger partial charge in [-0.3, -0.25) is 0 Å². The fourth-order valence-corrected chi connectivity index (χ4v) is 4.01. The number of nitrogens with two attached hydrogens (primary N) is 1. The summed E-state index contributed by atoms with van der Waals surface area (Å²) in [6.07, 6.45) is 10.2. The Morgan fingerprint density at radius 2 is 1.86 bits per heavy atom. The zero-order chi connectivity index (χ0) is 19.3. The molecule has 1 aliphatic rings. The Hall–Kier alpha value is -3.16. The molecule has 1 fully saturated rings. The van der Waals surface area contributed by atoms with E-state index in [4.69, 9.17) is 5.73 Å². The number of aromatic nitrogens is 6. The van der Waals surface area contributed by atoms with Crippen LogP contribution >= 0.6 is 0 Å². The van der Waals surface area contributed by atoms with Gasteiger partial charge in [-0.05, 0) is 43.2 Å². The summed E-state index contributed by atoms with van der Waals surface area (Å²) in [6.45, 7) is 4.67. The largest absolute Gasteiger partial charge is 0.382 e. The van der Waals surface area contributed by atoms with Gasteiger partial charge in [-0.25, -0.2) is 14.0 Å². The van der Waals surface area contributed by atoms with Crippen molar-refractivity contribution < 1.29 is 0 Å². The standard InChI is InChI=1S/C20H24N8/c1-20(2)8-3-13(4-9-20)23-19-25-18(21)17-14(6-11-28(17)26-19)15-7-12-27-16(24-15)5-10-22-27/h5-7,10-13H,3-4,8-9H2,1-2H3,(H3,21,23,25,26). The minimum Gasteiger partial charge on any atom is -0.382 e. The molecule has 0 radical (unpaired) electrons. The molecule has 4 aromatic rings. The smallest absolute Gasteiger partial charge is 0.243 e. The van der Waals surface area contributed by atoms with E-state index in [0.29, 0.717) is 23.2 Å². The second-order valence-electron chi connectivity index (χ2n) is 8.37.